The SMILES string of the molecule is CC(C#N)CNCCc1cc(F)cc(F)c1. The summed E-state index contributed by atoms with van der Waals surface area (Å²) in [6, 6.07) is 5.59. The molecule has 1 unspecified atom stereocenters. The number of hydrogen-bond acceptors (Lipinski definition) is 2. The van der Waals surface area contributed by atoms with Crippen molar-refractivity contribution in [3.63, 3.8) is 0 Å². The van der Waals surface area contributed by atoms with Crippen molar-refractivity contribution in [2.75, 3.05) is 13.1 Å². The van der Waals surface area contributed by atoms with E-state index in [0.29, 0.717) is 25.1 Å². The second-order valence-electron chi connectivity index (χ2n) is 3.76. The molecule has 1 atom stereocenters. The highest BCUT2D eigenvalue weighted by Gasteiger charge is 2.01. The molecular weight excluding hydrogens is 210 g/mol. The molecule has 16 heavy (non-hydrogen) atoms. The quantitative estimate of drug-likeness (QED) is 0.779. The maximum atomic E-state index is 12.8. The van der Waals surface area contributed by atoms with Crippen LogP contribution in [0.4, 0.5) is 8.78 Å². The van der Waals surface area contributed by atoms with Crippen LogP contribution in [-0.4, -0.2) is 13.1 Å². The van der Waals surface area contributed by atoms with Crippen LogP contribution in [0.1, 0.15) is 12.5 Å². The topological polar surface area (TPSA) is 35.8 Å². The summed E-state index contributed by atoms with van der Waals surface area (Å²) in [5, 5.41) is 11.6. The lowest BCUT2D eigenvalue weighted by atomic mass is 10.1. The van der Waals surface area contributed by atoms with Gasteiger partial charge in [0.05, 0.1) is 12.0 Å². The smallest absolute Gasteiger partial charge is 0.126 e. The van der Waals surface area contributed by atoms with Gasteiger partial charge in [0.1, 0.15) is 11.6 Å². The van der Waals surface area contributed by atoms with E-state index in [4.69, 9.17) is 5.26 Å². The van der Waals surface area contributed by atoms with Crippen molar-refractivity contribution < 1.29 is 8.78 Å². The van der Waals surface area contributed by atoms with E-state index in [0.717, 1.165) is 6.07 Å². The van der Waals surface area contributed by atoms with Crippen LogP contribution in [0.3, 0.4) is 0 Å². The van der Waals surface area contributed by atoms with E-state index in [2.05, 4.69) is 11.4 Å². The highest BCUT2D eigenvalue weighted by molar-refractivity contribution is 5.18. The molecule has 1 aromatic rings. The first-order valence-electron chi connectivity index (χ1n) is 5.17. The van der Waals surface area contributed by atoms with Crippen molar-refractivity contribution in [3.05, 3.63) is 35.4 Å². The summed E-state index contributed by atoms with van der Waals surface area (Å²) in [7, 11) is 0. The molecular formula is C12H14F2N2. The van der Waals surface area contributed by atoms with Crippen LogP contribution in [0.25, 0.3) is 0 Å². The average molecular weight is 224 g/mol. The van der Waals surface area contributed by atoms with Gasteiger partial charge in [0.15, 0.2) is 0 Å². The summed E-state index contributed by atoms with van der Waals surface area (Å²) in [6.45, 7) is 3.01. The fourth-order valence-electron chi connectivity index (χ4n) is 1.35. The van der Waals surface area contributed by atoms with Crippen LogP contribution in [0, 0.1) is 28.9 Å². The number of nitrogens with zero attached hydrogens (tertiary/aromatic N) is 1. The zero-order chi connectivity index (χ0) is 12.0. The van der Waals surface area contributed by atoms with Gasteiger partial charge >= 0.3 is 0 Å². The lowest BCUT2D eigenvalue weighted by molar-refractivity contribution is 0.573. The molecule has 0 aliphatic rings. The van der Waals surface area contributed by atoms with E-state index >= 15 is 0 Å². The molecule has 0 aromatic heterocycles. The van der Waals surface area contributed by atoms with Crippen molar-refractivity contribution in [2.45, 2.75) is 13.3 Å². The van der Waals surface area contributed by atoms with Gasteiger partial charge in [-0.25, -0.2) is 8.78 Å². The molecule has 0 aliphatic heterocycles. The molecule has 0 radical (unpaired) electrons. The van der Waals surface area contributed by atoms with Gasteiger partial charge in [-0.1, -0.05) is 0 Å². The Balaban J connectivity index is 2.35. The predicted molar refractivity (Wildman–Crippen MR) is 57.7 cm³/mol. The third kappa shape index (κ3) is 4.37. The predicted octanol–water partition coefficient (Wildman–Crippen LogP) is 2.26. The molecule has 1 rings (SSSR count). The minimum atomic E-state index is -0.555. The molecule has 1 aromatic carbocycles. The Kier molecular flexibility index (Phi) is 4.87. The Hall–Kier alpha value is -1.47. The van der Waals surface area contributed by atoms with Crippen LogP contribution >= 0.6 is 0 Å². The number of nitrogens with one attached hydrogen (secondary N) is 1. The first-order valence-corrected chi connectivity index (χ1v) is 5.17. The van der Waals surface area contributed by atoms with Crippen LogP contribution in [0.15, 0.2) is 18.2 Å². The molecule has 0 aliphatic carbocycles. The Morgan fingerprint density at radius 2 is 1.94 bits per heavy atom. The van der Waals surface area contributed by atoms with Crippen molar-refractivity contribution in [3.8, 4) is 6.07 Å². The van der Waals surface area contributed by atoms with Gasteiger partial charge in [0.25, 0.3) is 0 Å². The highest BCUT2D eigenvalue weighted by atomic mass is 19.1. The molecule has 4 heteroatoms. The Bertz CT molecular complexity index is 365. The number of benzene rings is 1. The average Bonchev–Trinajstić information content (AvgIpc) is 2.22. The molecule has 0 fully saturated rings. The molecule has 0 saturated heterocycles. The summed E-state index contributed by atoms with van der Waals surface area (Å²) >= 11 is 0. The maximum absolute atomic E-state index is 12.8. The first-order chi connectivity index (χ1) is 7.61. The second-order valence-corrected chi connectivity index (χ2v) is 3.76. The van der Waals surface area contributed by atoms with Gasteiger partial charge < -0.3 is 5.32 Å². The van der Waals surface area contributed by atoms with Gasteiger partial charge in [-0.2, -0.15) is 5.26 Å². The minimum absolute atomic E-state index is 0.0516. The van der Waals surface area contributed by atoms with E-state index in [9.17, 15) is 8.78 Å². The maximum Gasteiger partial charge on any atom is 0.126 e. The lowest BCUT2D eigenvalue weighted by Gasteiger charge is -2.06. The summed E-state index contributed by atoms with van der Waals surface area (Å²) in [4.78, 5) is 0. The van der Waals surface area contributed by atoms with Crippen LogP contribution in [0.5, 0.6) is 0 Å². The summed E-state index contributed by atoms with van der Waals surface area (Å²) < 4.78 is 25.6. The van der Waals surface area contributed by atoms with E-state index in [1.54, 1.807) is 0 Å². The van der Waals surface area contributed by atoms with Crippen molar-refractivity contribution in [1.29, 1.82) is 5.26 Å². The van der Waals surface area contributed by atoms with E-state index in [1.165, 1.54) is 12.1 Å². The van der Waals surface area contributed by atoms with Gasteiger partial charge in [-0.15, -0.1) is 0 Å². The third-order valence-electron chi connectivity index (χ3n) is 2.18. The zero-order valence-corrected chi connectivity index (χ0v) is 9.13. The van der Waals surface area contributed by atoms with Gasteiger partial charge in [-0.3, -0.25) is 0 Å². The molecule has 0 saturated carbocycles. The van der Waals surface area contributed by atoms with E-state index in [1.807, 2.05) is 6.92 Å². The number of halogens is 2. The van der Waals surface area contributed by atoms with Crippen LogP contribution in [-0.2, 0) is 6.42 Å². The Morgan fingerprint density at radius 3 is 2.50 bits per heavy atom. The zero-order valence-electron chi connectivity index (χ0n) is 9.13. The number of nitriles is 1. The number of hydrogen-bond donors (Lipinski definition) is 1. The van der Waals surface area contributed by atoms with Crippen LogP contribution < -0.4 is 5.32 Å². The molecule has 1 N–H and O–H groups in total. The monoisotopic (exact) mass is 224 g/mol. The van der Waals surface area contributed by atoms with Crippen molar-refractivity contribution in [2.24, 2.45) is 5.92 Å². The van der Waals surface area contributed by atoms with Crippen molar-refractivity contribution >= 4 is 0 Å². The molecule has 0 heterocycles. The fraction of sp³-hybridized carbons (Fsp3) is 0.417. The van der Waals surface area contributed by atoms with Gasteiger partial charge in [0.2, 0.25) is 0 Å². The minimum Gasteiger partial charge on any atom is -0.315 e. The number of rotatable bonds is 5. The van der Waals surface area contributed by atoms with E-state index in [-0.39, 0.29) is 5.92 Å². The largest absolute Gasteiger partial charge is 0.315 e. The second kappa shape index (κ2) is 6.19. The molecule has 86 valence electrons. The third-order valence-corrected chi connectivity index (χ3v) is 2.18. The Labute approximate surface area is 93.9 Å². The van der Waals surface area contributed by atoms with Crippen molar-refractivity contribution in [1.82, 2.24) is 5.32 Å². The van der Waals surface area contributed by atoms with Gasteiger partial charge in [-0.05, 0) is 37.6 Å². The highest BCUT2D eigenvalue weighted by Crippen LogP contribution is 2.08. The molecule has 0 bridgehead atoms. The standard InChI is InChI=1S/C12H14F2N2/c1-9(7-15)8-16-3-2-10-4-11(13)6-12(14)5-10/h4-6,9,16H,2-3,8H2,1H3. The Morgan fingerprint density at radius 1 is 1.31 bits per heavy atom. The lowest BCUT2D eigenvalue weighted by Crippen LogP contribution is -2.22. The fourth-order valence-corrected chi connectivity index (χ4v) is 1.35. The summed E-state index contributed by atoms with van der Waals surface area (Å²) in [5.41, 5.74) is 0.620. The molecule has 0 spiro atoms. The summed E-state index contributed by atoms with van der Waals surface area (Å²) in [5.74, 6) is -1.16. The summed E-state index contributed by atoms with van der Waals surface area (Å²) in [6.07, 6.45) is 0.548. The first kappa shape index (κ1) is 12.6. The van der Waals surface area contributed by atoms with E-state index < -0.39 is 11.6 Å². The van der Waals surface area contributed by atoms with Gasteiger partial charge in [0, 0.05) is 12.6 Å². The molecule has 0 amide bonds. The normalized spacial score (nSPS) is 12.1. The van der Waals surface area contributed by atoms with Crippen LogP contribution in [0.2, 0.25) is 0 Å². The molecule has 2 nitrogen and oxygen atoms in total.